The minimum atomic E-state index is -1.31. The number of rotatable bonds is 6. The molecule has 0 aliphatic heterocycles. The highest BCUT2D eigenvalue weighted by Crippen LogP contribution is 2.29. The van der Waals surface area contributed by atoms with Crippen molar-refractivity contribution in [1.82, 2.24) is 0 Å². The van der Waals surface area contributed by atoms with Crippen molar-refractivity contribution >= 4 is 29.2 Å². The van der Waals surface area contributed by atoms with E-state index in [4.69, 9.17) is 15.6 Å². The highest BCUT2D eigenvalue weighted by Gasteiger charge is 2.15. The van der Waals surface area contributed by atoms with Crippen molar-refractivity contribution in [3.05, 3.63) is 83.4 Å². The molecule has 156 valence electrons. The molecular weight excluding hydrogens is 408 g/mol. The second-order valence-electron chi connectivity index (χ2n) is 6.72. The van der Waals surface area contributed by atoms with Crippen molar-refractivity contribution in [3.63, 3.8) is 0 Å². The summed E-state index contributed by atoms with van der Waals surface area (Å²) >= 11 is 0. The van der Waals surface area contributed by atoms with Crippen LogP contribution in [0.5, 0.6) is 0 Å². The molecule has 2 amide bonds. The molecule has 0 bridgehead atoms. The fraction of sp³-hybridized carbons (Fsp3) is 0.0417. The molecule has 0 aliphatic carbocycles. The predicted octanol–water partition coefficient (Wildman–Crippen LogP) is 4.40. The summed E-state index contributed by atoms with van der Waals surface area (Å²) < 4.78 is 0. The molecule has 0 aromatic heterocycles. The number of Topliss-reactive ketones (excluding diaryl/α,β-unsaturated/α-hetero) is 1. The molecule has 0 saturated carbocycles. The van der Waals surface area contributed by atoms with E-state index < -0.39 is 24.2 Å². The lowest BCUT2D eigenvalue weighted by Gasteiger charge is -2.13. The third-order valence-electron chi connectivity index (χ3n) is 4.52. The quantitative estimate of drug-likeness (QED) is 0.395. The van der Waals surface area contributed by atoms with E-state index in [1.807, 2.05) is 12.1 Å². The molecule has 0 spiro atoms. The average Bonchev–Trinajstić information content (AvgIpc) is 2.80. The van der Waals surface area contributed by atoms with Crippen LogP contribution in [0, 0.1) is 22.7 Å². The second kappa shape index (κ2) is 9.70. The molecule has 0 aliphatic rings. The molecule has 3 rings (SSSR count). The summed E-state index contributed by atoms with van der Waals surface area (Å²) in [5.41, 5.74) is 2.78. The second-order valence-corrected chi connectivity index (χ2v) is 6.72. The molecule has 0 atom stereocenters. The Morgan fingerprint density at radius 3 is 2.12 bits per heavy atom. The molecule has 8 nitrogen and oxygen atoms in total. The van der Waals surface area contributed by atoms with Crippen LogP contribution in [0.4, 0.5) is 16.2 Å². The fourth-order valence-corrected chi connectivity index (χ4v) is 2.99. The monoisotopic (exact) mass is 424 g/mol. The Kier molecular flexibility index (Phi) is 6.59. The first-order chi connectivity index (χ1) is 15.4. The number of hydrogen-bond acceptors (Lipinski definition) is 5. The van der Waals surface area contributed by atoms with E-state index in [0.29, 0.717) is 16.7 Å². The molecule has 0 heterocycles. The normalized spacial score (nSPS) is 9.81. The third kappa shape index (κ3) is 5.35. The van der Waals surface area contributed by atoms with Gasteiger partial charge in [-0.1, -0.05) is 30.3 Å². The lowest BCUT2D eigenvalue weighted by molar-refractivity contribution is -0.115. The van der Waals surface area contributed by atoms with Crippen molar-refractivity contribution in [2.24, 2.45) is 0 Å². The Bertz CT molecular complexity index is 1280. The van der Waals surface area contributed by atoms with Crippen LogP contribution in [-0.2, 0) is 4.79 Å². The van der Waals surface area contributed by atoms with E-state index in [1.54, 1.807) is 48.5 Å². The van der Waals surface area contributed by atoms with Crippen LogP contribution >= 0.6 is 0 Å². The van der Waals surface area contributed by atoms with E-state index in [9.17, 15) is 14.4 Å². The number of carbonyl (C=O) groups excluding carboxylic acids is 2. The number of nitriles is 2. The smallest absolute Gasteiger partial charge is 0.409 e. The van der Waals surface area contributed by atoms with Gasteiger partial charge in [0, 0.05) is 5.56 Å². The Labute approximate surface area is 183 Å². The van der Waals surface area contributed by atoms with Gasteiger partial charge in [-0.25, -0.2) is 4.79 Å². The predicted molar refractivity (Wildman–Crippen MR) is 117 cm³/mol. The number of nitrogens with zero attached hydrogens (tertiary/aromatic N) is 2. The molecule has 3 aromatic rings. The van der Waals surface area contributed by atoms with Gasteiger partial charge in [-0.05, 0) is 47.5 Å². The maximum absolute atomic E-state index is 12.5. The van der Waals surface area contributed by atoms with Gasteiger partial charge in [-0.15, -0.1) is 0 Å². The SMILES string of the molecule is N#Cc1ccc(-c2ccc(NC(=O)O)c(NC(=O)CC(=O)c3cccc(C#N)c3)c2)cc1. The first-order valence-electron chi connectivity index (χ1n) is 9.37. The van der Waals surface area contributed by atoms with Crippen LogP contribution in [0.25, 0.3) is 11.1 Å². The van der Waals surface area contributed by atoms with Gasteiger partial charge < -0.3 is 10.4 Å². The summed E-state index contributed by atoms with van der Waals surface area (Å²) in [5, 5.41) is 31.8. The topological polar surface area (TPSA) is 143 Å². The van der Waals surface area contributed by atoms with Gasteiger partial charge in [0.25, 0.3) is 0 Å². The van der Waals surface area contributed by atoms with Crippen LogP contribution in [-0.4, -0.2) is 22.9 Å². The number of carboxylic acid groups (broad SMARTS) is 1. The molecule has 3 N–H and O–H groups in total. The molecule has 32 heavy (non-hydrogen) atoms. The van der Waals surface area contributed by atoms with Gasteiger partial charge in [0.1, 0.15) is 0 Å². The van der Waals surface area contributed by atoms with Gasteiger partial charge in [0.05, 0.1) is 41.1 Å². The van der Waals surface area contributed by atoms with E-state index >= 15 is 0 Å². The lowest BCUT2D eigenvalue weighted by atomic mass is 10.0. The molecular formula is C24H16N4O4. The molecule has 0 fully saturated rings. The summed E-state index contributed by atoms with van der Waals surface area (Å²) in [6, 6.07) is 21.5. The first-order valence-corrected chi connectivity index (χ1v) is 9.37. The maximum atomic E-state index is 12.5. The van der Waals surface area contributed by atoms with E-state index in [1.165, 1.54) is 18.2 Å². The summed E-state index contributed by atoms with van der Waals surface area (Å²) in [6.45, 7) is 0. The van der Waals surface area contributed by atoms with Crippen LogP contribution in [0.3, 0.4) is 0 Å². The highest BCUT2D eigenvalue weighted by atomic mass is 16.4. The van der Waals surface area contributed by atoms with Gasteiger partial charge in [-0.3, -0.25) is 14.9 Å². The van der Waals surface area contributed by atoms with E-state index in [-0.39, 0.29) is 16.9 Å². The fourth-order valence-electron chi connectivity index (χ4n) is 2.99. The molecule has 3 aromatic carbocycles. The molecule has 8 heteroatoms. The van der Waals surface area contributed by atoms with Crippen LogP contribution in [0.2, 0.25) is 0 Å². The Hall–Kier alpha value is -4.95. The Balaban J connectivity index is 1.84. The number of ketones is 1. The van der Waals surface area contributed by atoms with Gasteiger partial charge in [-0.2, -0.15) is 10.5 Å². The number of nitrogens with one attached hydrogen (secondary N) is 2. The number of amides is 2. The minimum absolute atomic E-state index is 0.141. The van der Waals surface area contributed by atoms with Crippen LogP contribution < -0.4 is 10.6 Å². The Morgan fingerprint density at radius 2 is 1.47 bits per heavy atom. The van der Waals surface area contributed by atoms with Crippen LogP contribution in [0.1, 0.15) is 27.9 Å². The van der Waals surface area contributed by atoms with Crippen molar-refractivity contribution in [2.75, 3.05) is 10.6 Å². The maximum Gasteiger partial charge on any atom is 0.409 e. The number of benzene rings is 3. The van der Waals surface area contributed by atoms with Crippen molar-refractivity contribution < 1.29 is 19.5 Å². The van der Waals surface area contributed by atoms with Crippen LogP contribution in [0.15, 0.2) is 66.7 Å². The van der Waals surface area contributed by atoms with Gasteiger partial charge in [0.2, 0.25) is 5.91 Å². The number of hydrogen-bond donors (Lipinski definition) is 3. The van der Waals surface area contributed by atoms with Crippen molar-refractivity contribution in [1.29, 1.82) is 10.5 Å². The van der Waals surface area contributed by atoms with Gasteiger partial charge >= 0.3 is 6.09 Å². The Morgan fingerprint density at radius 1 is 0.781 bits per heavy atom. The number of anilines is 2. The largest absolute Gasteiger partial charge is 0.465 e. The zero-order chi connectivity index (χ0) is 23.1. The lowest BCUT2D eigenvalue weighted by Crippen LogP contribution is -2.18. The summed E-state index contributed by atoms with van der Waals surface area (Å²) in [4.78, 5) is 36.1. The third-order valence-corrected chi connectivity index (χ3v) is 4.52. The number of carbonyl (C=O) groups is 3. The van der Waals surface area contributed by atoms with Crippen molar-refractivity contribution in [2.45, 2.75) is 6.42 Å². The zero-order valence-electron chi connectivity index (χ0n) is 16.6. The van der Waals surface area contributed by atoms with E-state index in [0.717, 1.165) is 5.56 Å². The molecule has 0 saturated heterocycles. The summed E-state index contributed by atoms with van der Waals surface area (Å²) in [5.74, 6) is -1.11. The molecule has 0 unspecified atom stereocenters. The zero-order valence-corrected chi connectivity index (χ0v) is 16.6. The van der Waals surface area contributed by atoms with Gasteiger partial charge in [0.15, 0.2) is 5.78 Å². The summed E-state index contributed by atoms with van der Waals surface area (Å²) in [7, 11) is 0. The first kappa shape index (κ1) is 21.8. The average molecular weight is 424 g/mol. The van der Waals surface area contributed by atoms with E-state index in [2.05, 4.69) is 10.6 Å². The minimum Gasteiger partial charge on any atom is -0.465 e. The van der Waals surface area contributed by atoms with Crippen molar-refractivity contribution in [3.8, 4) is 23.3 Å². The standard InChI is InChI=1S/C24H16N4O4/c25-13-15-4-6-17(7-5-15)18-8-9-20(28-24(31)32)21(11-18)27-23(30)12-22(29)19-3-1-2-16(10-19)14-26/h1-11,28H,12H2,(H,27,30)(H,31,32). The summed E-state index contributed by atoms with van der Waals surface area (Å²) in [6.07, 6.45) is -1.79. The molecule has 0 radical (unpaired) electrons. The highest BCUT2D eigenvalue weighted by molar-refractivity contribution is 6.12.